The molecule has 0 bridgehead atoms. The highest BCUT2D eigenvalue weighted by Gasteiger charge is 2.36. The van der Waals surface area contributed by atoms with Crippen molar-refractivity contribution in [3.63, 3.8) is 0 Å². The van der Waals surface area contributed by atoms with Crippen molar-refractivity contribution in [3.05, 3.63) is 63.9 Å². The van der Waals surface area contributed by atoms with Crippen molar-refractivity contribution in [3.8, 4) is 0 Å². The van der Waals surface area contributed by atoms with Gasteiger partial charge < -0.3 is 10.6 Å². The second kappa shape index (κ2) is 7.54. The highest BCUT2D eigenvalue weighted by atomic mass is 35.5. The third kappa shape index (κ3) is 3.86. The molecule has 0 saturated carbocycles. The molecule has 25 heavy (non-hydrogen) atoms. The predicted molar refractivity (Wildman–Crippen MR) is 101 cm³/mol. The molecule has 1 aromatic heterocycles. The number of nitrogens with one attached hydrogen (secondary N) is 2. The molecule has 132 valence electrons. The van der Waals surface area contributed by atoms with E-state index in [1.807, 2.05) is 31.3 Å². The van der Waals surface area contributed by atoms with Crippen LogP contribution in [0, 0.1) is 13.8 Å². The van der Waals surface area contributed by atoms with Gasteiger partial charge in [0.05, 0.1) is 16.3 Å². The van der Waals surface area contributed by atoms with E-state index in [4.69, 9.17) is 11.6 Å². The fourth-order valence-electron chi connectivity index (χ4n) is 3.59. The number of benzene rings is 1. The van der Waals surface area contributed by atoms with Crippen molar-refractivity contribution in [2.24, 2.45) is 0 Å². The van der Waals surface area contributed by atoms with Crippen molar-refractivity contribution < 1.29 is 4.79 Å². The van der Waals surface area contributed by atoms with Gasteiger partial charge in [-0.15, -0.1) is 0 Å². The fraction of sp³-hybridized carbons (Fsp3) is 0.400. The molecule has 2 N–H and O–H groups in total. The number of rotatable bonds is 4. The zero-order chi connectivity index (χ0) is 17.9. The predicted octanol–water partition coefficient (Wildman–Crippen LogP) is 3.40. The van der Waals surface area contributed by atoms with Gasteiger partial charge in [0.25, 0.3) is 5.91 Å². The average molecular weight is 358 g/mol. The molecule has 2 aromatic rings. The summed E-state index contributed by atoms with van der Waals surface area (Å²) in [6, 6.07) is 9.56. The Morgan fingerprint density at radius 3 is 2.72 bits per heavy atom. The quantitative estimate of drug-likeness (QED) is 0.881. The molecule has 1 aliphatic rings. The maximum atomic E-state index is 12.6. The molecule has 2 heterocycles. The third-order valence-electron chi connectivity index (χ3n) is 5.03. The Morgan fingerprint density at radius 1 is 1.28 bits per heavy atom. The summed E-state index contributed by atoms with van der Waals surface area (Å²) < 4.78 is 0. The molecular formula is C20H24ClN3O. The highest BCUT2D eigenvalue weighted by molar-refractivity contribution is 6.33. The average Bonchev–Trinajstić information content (AvgIpc) is 2.61. The number of nitrogens with zero attached hydrogens (tertiary/aromatic N) is 1. The maximum Gasteiger partial charge on any atom is 0.252 e. The minimum Gasteiger partial charge on any atom is -0.351 e. The van der Waals surface area contributed by atoms with Gasteiger partial charge in [-0.2, -0.15) is 0 Å². The summed E-state index contributed by atoms with van der Waals surface area (Å²) in [5.74, 6) is -0.128. The van der Waals surface area contributed by atoms with Gasteiger partial charge in [-0.3, -0.25) is 9.78 Å². The molecule has 3 rings (SSSR count). The smallest absolute Gasteiger partial charge is 0.252 e. The molecule has 0 atom stereocenters. The molecule has 1 aliphatic heterocycles. The first-order chi connectivity index (χ1) is 12.0. The van der Waals surface area contributed by atoms with Crippen LogP contribution in [-0.2, 0) is 5.41 Å². The van der Waals surface area contributed by atoms with Crippen LogP contribution in [0.4, 0.5) is 0 Å². The summed E-state index contributed by atoms with van der Waals surface area (Å²) in [5.41, 5.74) is 3.69. The first-order valence-corrected chi connectivity index (χ1v) is 9.07. The molecule has 5 heteroatoms. The number of piperidine rings is 1. The lowest BCUT2D eigenvalue weighted by Gasteiger charge is -2.38. The molecule has 4 nitrogen and oxygen atoms in total. The van der Waals surface area contributed by atoms with Crippen molar-refractivity contribution in [2.75, 3.05) is 19.6 Å². The topological polar surface area (TPSA) is 54.0 Å². The number of amides is 1. The van der Waals surface area contributed by atoms with E-state index in [2.05, 4.69) is 28.6 Å². The Labute approximate surface area is 154 Å². The standard InChI is InChI=1S/C20H24ClN3O/c1-14-5-6-16(17(21)12-14)19(25)24-13-20(7-10-22-11-8-20)18-15(2)4-3-9-23-18/h3-6,9,12,22H,7-8,10-11,13H2,1-2H3,(H,24,25). The lowest BCUT2D eigenvalue weighted by molar-refractivity contribution is 0.0937. The first-order valence-electron chi connectivity index (χ1n) is 8.69. The largest absolute Gasteiger partial charge is 0.351 e. The van der Waals surface area contributed by atoms with Gasteiger partial charge >= 0.3 is 0 Å². The van der Waals surface area contributed by atoms with Crippen LogP contribution in [-0.4, -0.2) is 30.5 Å². The van der Waals surface area contributed by atoms with Crippen molar-refractivity contribution in [1.82, 2.24) is 15.6 Å². The number of hydrogen-bond acceptors (Lipinski definition) is 3. The van der Waals surface area contributed by atoms with Crippen molar-refractivity contribution in [1.29, 1.82) is 0 Å². The summed E-state index contributed by atoms with van der Waals surface area (Å²) in [4.78, 5) is 17.3. The van der Waals surface area contributed by atoms with Gasteiger partial charge in [0.1, 0.15) is 0 Å². The summed E-state index contributed by atoms with van der Waals surface area (Å²) in [7, 11) is 0. The van der Waals surface area contributed by atoms with E-state index in [0.717, 1.165) is 37.2 Å². The Hall–Kier alpha value is -1.91. The lowest BCUT2D eigenvalue weighted by Crippen LogP contribution is -2.48. The van der Waals surface area contributed by atoms with E-state index in [1.165, 1.54) is 5.56 Å². The van der Waals surface area contributed by atoms with Crippen LogP contribution in [0.5, 0.6) is 0 Å². The van der Waals surface area contributed by atoms with Crippen LogP contribution in [0.3, 0.4) is 0 Å². The molecular weight excluding hydrogens is 334 g/mol. The fourth-order valence-corrected chi connectivity index (χ4v) is 3.91. The molecule has 1 aromatic carbocycles. The number of hydrogen-bond donors (Lipinski definition) is 2. The van der Waals surface area contributed by atoms with Crippen LogP contribution in [0.2, 0.25) is 5.02 Å². The van der Waals surface area contributed by atoms with Crippen LogP contribution >= 0.6 is 11.6 Å². The lowest BCUT2D eigenvalue weighted by atomic mass is 9.74. The molecule has 1 fully saturated rings. The molecule has 0 spiro atoms. The Morgan fingerprint density at radius 2 is 2.04 bits per heavy atom. The van der Waals surface area contributed by atoms with E-state index in [-0.39, 0.29) is 11.3 Å². The van der Waals surface area contributed by atoms with Crippen molar-refractivity contribution in [2.45, 2.75) is 32.1 Å². The van der Waals surface area contributed by atoms with E-state index >= 15 is 0 Å². The van der Waals surface area contributed by atoms with Gasteiger partial charge in [0.15, 0.2) is 0 Å². The summed E-state index contributed by atoms with van der Waals surface area (Å²) in [6.07, 6.45) is 3.74. The van der Waals surface area contributed by atoms with Crippen LogP contribution in [0.25, 0.3) is 0 Å². The second-order valence-corrected chi connectivity index (χ2v) is 7.27. The minimum absolute atomic E-state index is 0.128. The maximum absolute atomic E-state index is 12.6. The van der Waals surface area contributed by atoms with Crippen LogP contribution in [0.1, 0.15) is 40.0 Å². The highest BCUT2D eigenvalue weighted by Crippen LogP contribution is 2.33. The molecule has 1 amide bonds. The summed E-state index contributed by atoms with van der Waals surface area (Å²) >= 11 is 6.24. The van der Waals surface area contributed by atoms with Crippen LogP contribution in [0.15, 0.2) is 36.5 Å². The number of aryl methyl sites for hydroxylation is 2. The van der Waals surface area contributed by atoms with E-state index < -0.39 is 0 Å². The second-order valence-electron chi connectivity index (χ2n) is 6.87. The SMILES string of the molecule is Cc1ccc(C(=O)NCC2(c3ncccc3C)CCNCC2)c(Cl)c1. The molecule has 0 aliphatic carbocycles. The monoisotopic (exact) mass is 357 g/mol. The number of halogens is 1. The van der Waals surface area contributed by atoms with Gasteiger partial charge in [-0.05, 0) is 69.1 Å². The summed E-state index contributed by atoms with van der Waals surface area (Å²) in [5, 5.41) is 7.00. The molecule has 0 radical (unpaired) electrons. The Bertz CT molecular complexity index is 769. The number of pyridine rings is 1. The van der Waals surface area contributed by atoms with E-state index in [1.54, 1.807) is 6.07 Å². The van der Waals surface area contributed by atoms with E-state index in [0.29, 0.717) is 17.1 Å². The van der Waals surface area contributed by atoms with E-state index in [9.17, 15) is 4.79 Å². The first kappa shape index (κ1) is 17.9. The third-order valence-corrected chi connectivity index (χ3v) is 5.34. The number of aromatic nitrogens is 1. The van der Waals surface area contributed by atoms with Crippen molar-refractivity contribution >= 4 is 17.5 Å². The van der Waals surface area contributed by atoms with Crippen LogP contribution < -0.4 is 10.6 Å². The zero-order valence-corrected chi connectivity index (χ0v) is 15.5. The normalized spacial score (nSPS) is 16.4. The zero-order valence-electron chi connectivity index (χ0n) is 14.7. The number of carbonyl (C=O) groups excluding carboxylic acids is 1. The molecule has 1 saturated heterocycles. The van der Waals surface area contributed by atoms with Gasteiger partial charge in [-0.1, -0.05) is 23.7 Å². The van der Waals surface area contributed by atoms with Gasteiger partial charge in [0, 0.05) is 18.2 Å². The molecule has 0 unspecified atom stereocenters. The van der Waals surface area contributed by atoms with Gasteiger partial charge in [-0.25, -0.2) is 0 Å². The minimum atomic E-state index is -0.135. The van der Waals surface area contributed by atoms with Gasteiger partial charge in [0.2, 0.25) is 0 Å². The Kier molecular flexibility index (Phi) is 5.40. The Balaban J connectivity index is 1.82. The summed E-state index contributed by atoms with van der Waals surface area (Å²) in [6.45, 7) is 6.47. The number of carbonyl (C=O) groups is 1.